The lowest BCUT2D eigenvalue weighted by atomic mass is 9.83. The molecule has 0 spiro atoms. The van der Waals surface area contributed by atoms with Gasteiger partial charge in [0.25, 0.3) is 0 Å². The second-order valence-corrected chi connectivity index (χ2v) is 6.20. The lowest BCUT2D eigenvalue weighted by Gasteiger charge is -2.47. The summed E-state index contributed by atoms with van der Waals surface area (Å²) in [6, 6.07) is 11.3. The fourth-order valence-electron chi connectivity index (χ4n) is 3.85. The number of fused-ring (bicyclic) bond motifs is 1. The molecule has 2 aliphatic rings. The average Bonchev–Trinajstić information content (AvgIpc) is 2.55. The summed E-state index contributed by atoms with van der Waals surface area (Å²) in [5, 5.41) is 0. The highest BCUT2D eigenvalue weighted by Crippen LogP contribution is 2.31. The SMILES string of the molecule is C=CC(=O)N1CC[C@@H]2[C@@H](CCCN2Cc2ccccc2)C1. The summed E-state index contributed by atoms with van der Waals surface area (Å²) >= 11 is 0. The number of likely N-dealkylation sites (tertiary alicyclic amines) is 2. The van der Waals surface area contributed by atoms with Crippen molar-refractivity contribution in [3.05, 3.63) is 48.6 Å². The predicted molar refractivity (Wildman–Crippen MR) is 84.8 cm³/mol. The molecule has 3 rings (SSSR count). The topological polar surface area (TPSA) is 23.6 Å². The zero-order valence-electron chi connectivity index (χ0n) is 12.6. The van der Waals surface area contributed by atoms with Crippen molar-refractivity contribution in [3.63, 3.8) is 0 Å². The highest BCUT2D eigenvalue weighted by molar-refractivity contribution is 5.87. The number of nitrogens with zero attached hydrogens (tertiary/aromatic N) is 2. The van der Waals surface area contributed by atoms with Gasteiger partial charge in [0.05, 0.1) is 0 Å². The third-order valence-corrected chi connectivity index (χ3v) is 4.90. The van der Waals surface area contributed by atoms with Crippen molar-refractivity contribution in [1.29, 1.82) is 0 Å². The summed E-state index contributed by atoms with van der Waals surface area (Å²) in [5.41, 5.74) is 1.39. The van der Waals surface area contributed by atoms with E-state index in [1.807, 2.05) is 4.90 Å². The Morgan fingerprint density at radius 3 is 2.81 bits per heavy atom. The number of carbonyl (C=O) groups excluding carboxylic acids is 1. The molecule has 3 heteroatoms. The fourth-order valence-corrected chi connectivity index (χ4v) is 3.85. The van der Waals surface area contributed by atoms with Crippen LogP contribution in [0.25, 0.3) is 0 Å². The fraction of sp³-hybridized carbons (Fsp3) is 0.500. The van der Waals surface area contributed by atoms with E-state index in [1.165, 1.54) is 31.0 Å². The lowest BCUT2D eigenvalue weighted by Crippen LogP contribution is -2.54. The molecule has 3 nitrogen and oxygen atoms in total. The number of piperidine rings is 2. The molecular weight excluding hydrogens is 260 g/mol. The first-order valence-corrected chi connectivity index (χ1v) is 7.97. The number of amides is 1. The molecule has 112 valence electrons. The van der Waals surface area contributed by atoms with Crippen molar-refractivity contribution < 1.29 is 4.79 Å². The Hall–Kier alpha value is -1.61. The molecule has 2 saturated heterocycles. The highest BCUT2D eigenvalue weighted by Gasteiger charge is 2.36. The van der Waals surface area contributed by atoms with Gasteiger partial charge in [0.2, 0.25) is 5.91 Å². The van der Waals surface area contributed by atoms with Gasteiger partial charge in [-0.05, 0) is 43.4 Å². The number of benzene rings is 1. The van der Waals surface area contributed by atoms with Crippen LogP contribution in [-0.2, 0) is 11.3 Å². The third-order valence-electron chi connectivity index (χ3n) is 4.90. The highest BCUT2D eigenvalue weighted by atomic mass is 16.2. The predicted octanol–water partition coefficient (Wildman–Crippen LogP) is 2.69. The molecule has 0 saturated carbocycles. The van der Waals surface area contributed by atoms with Crippen LogP contribution in [0.4, 0.5) is 0 Å². The maximum Gasteiger partial charge on any atom is 0.245 e. The summed E-state index contributed by atoms with van der Waals surface area (Å²) in [6.45, 7) is 7.61. The smallest absolute Gasteiger partial charge is 0.245 e. The number of carbonyl (C=O) groups is 1. The van der Waals surface area contributed by atoms with Crippen LogP contribution in [0, 0.1) is 5.92 Å². The van der Waals surface area contributed by atoms with E-state index in [-0.39, 0.29) is 5.91 Å². The summed E-state index contributed by atoms with van der Waals surface area (Å²) < 4.78 is 0. The minimum absolute atomic E-state index is 0.0913. The maximum atomic E-state index is 11.8. The van der Waals surface area contributed by atoms with Crippen LogP contribution >= 0.6 is 0 Å². The lowest BCUT2D eigenvalue weighted by molar-refractivity contribution is -0.129. The van der Waals surface area contributed by atoms with Gasteiger partial charge in [-0.25, -0.2) is 0 Å². The second-order valence-electron chi connectivity index (χ2n) is 6.20. The van der Waals surface area contributed by atoms with Crippen molar-refractivity contribution >= 4 is 5.91 Å². The van der Waals surface area contributed by atoms with E-state index in [9.17, 15) is 4.79 Å². The van der Waals surface area contributed by atoms with Crippen LogP contribution in [0.15, 0.2) is 43.0 Å². The van der Waals surface area contributed by atoms with E-state index in [4.69, 9.17) is 0 Å². The van der Waals surface area contributed by atoms with E-state index < -0.39 is 0 Å². The van der Waals surface area contributed by atoms with Crippen molar-refractivity contribution in [3.8, 4) is 0 Å². The maximum absolute atomic E-state index is 11.8. The molecule has 1 aromatic rings. The second kappa shape index (κ2) is 6.44. The van der Waals surface area contributed by atoms with Gasteiger partial charge in [0, 0.05) is 25.7 Å². The van der Waals surface area contributed by atoms with Crippen molar-refractivity contribution in [2.75, 3.05) is 19.6 Å². The van der Waals surface area contributed by atoms with Crippen LogP contribution < -0.4 is 0 Å². The summed E-state index contributed by atoms with van der Waals surface area (Å²) in [4.78, 5) is 16.4. The molecule has 2 aliphatic heterocycles. The molecule has 1 aromatic carbocycles. The third kappa shape index (κ3) is 3.18. The Labute approximate surface area is 127 Å². The van der Waals surface area contributed by atoms with Crippen LogP contribution in [-0.4, -0.2) is 41.4 Å². The number of rotatable bonds is 3. The van der Waals surface area contributed by atoms with Crippen LogP contribution in [0.2, 0.25) is 0 Å². The van der Waals surface area contributed by atoms with Crippen molar-refractivity contribution in [2.45, 2.75) is 31.8 Å². The summed E-state index contributed by atoms with van der Waals surface area (Å²) in [6.07, 6.45) is 5.03. The molecule has 0 aliphatic carbocycles. The molecule has 1 amide bonds. The van der Waals surface area contributed by atoms with Gasteiger partial charge in [0.1, 0.15) is 0 Å². The van der Waals surface area contributed by atoms with Gasteiger partial charge in [-0.2, -0.15) is 0 Å². The van der Waals surface area contributed by atoms with Gasteiger partial charge in [-0.15, -0.1) is 0 Å². The van der Waals surface area contributed by atoms with Crippen molar-refractivity contribution in [2.24, 2.45) is 5.92 Å². The number of hydrogen-bond acceptors (Lipinski definition) is 2. The van der Waals surface area contributed by atoms with E-state index in [2.05, 4.69) is 41.8 Å². The Morgan fingerprint density at radius 1 is 1.24 bits per heavy atom. The minimum Gasteiger partial charge on any atom is -0.339 e. The Morgan fingerprint density at radius 2 is 2.05 bits per heavy atom. The molecule has 2 fully saturated rings. The molecule has 21 heavy (non-hydrogen) atoms. The standard InChI is InChI=1S/C18H24N2O/c1-2-18(21)20-12-10-17-16(14-20)9-6-11-19(17)13-15-7-4-3-5-8-15/h2-5,7-8,16-17H,1,6,9-14H2/t16-,17+/m0/s1. The quantitative estimate of drug-likeness (QED) is 0.797. The number of hydrogen-bond donors (Lipinski definition) is 0. The van der Waals surface area contributed by atoms with Gasteiger partial charge < -0.3 is 4.90 Å². The monoisotopic (exact) mass is 284 g/mol. The largest absolute Gasteiger partial charge is 0.339 e. The molecule has 0 aromatic heterocycles. The van der Waals surface area contributed by atoms with Crippen molar-refractivity contribution in [1.82, 2.24) is 9.80 Å². The van der Waals surface area contributed by atoms with E-state index >= 15 is 0 Å². The normalized spacial score (nSPS) is 26.2. The zero-order valence-corrected chi connectivity index (χ0v) is 12.6. The van der Waals surface area contributed by atoms with E-state index in [0.717, 1.165) is 26.1 Å². The average molecular weight is 284 g/mol. The minimum atomic E-state index is 0.0913. The molecule has 0 bridgehead atoms. The van der Waals surface area contributed by atoms with Crippen LogP contribution in [0.3, 0.4) is 0 Å². The van der Waals surface area contributed by atoms with Gasteiger partial charge >= 0.3 is 0 Å². The van der Waals surface area contributed by atoms with Crippen LogP contribution in [0.5, 0.6) is 0 Å². The first-order chi connectivity index (χ1) is 10.3. The Balaban J connectivity index is 1.66. The van der Waals surface area contributed by atoms with Gasteiger partial charge in [0.15, 0.2) is 0 Å². The van der Waals surface area contributed by atoms with Gasteiger partial charge in [-0.1, -0.05) is 36.9 Å². The Kier molecular flexibility index (Phi) is 4.39. The Bertz CT molecular complexity index is 499. The molecule has 0 N–H and O–H groups in total. The molecule has 2 heterocycles. The molecule has 0 radical (unpaired) electrons. The first-order valence-electron chi connectivity index (χ1n) is 7.97. The van der Waals surface area contributed by atoms with Gasteiger partial charge in [-0.3, -0.25) is 9.69 Å². The van der Waals surface area contributed by atoms with E-state index in [0.29, 0.717) is 12.0 Å². The summed E-state index contributed by atoms with van der Waals surface area (Å²) in [5.74, 6) is 0.716. The zero-order chi connectivity index (χ0) is 14.7. The van der Waals surface area contributed by atoms with Crippen LogP contribution in [0.1, 0.15) is 24.8 Å². The first kappa shape index (κ1) is 14.3. The summed E-state index contributed by atoms with van der Waals surface area (Å²) in [7, 11) is 0. The van der Waals surface area contributed by atoms with E-state index in [1.54, 1.807) is 0 Å². The molecular formula is C18H24N2O. The molecule has 0 unspecified atom stereocenters. The molecule has 2 atom stereocenters.